The molecule has 0 spiro atoms. The van der Waals surface area contributed by atoms with E-state index in [1.54, 1.807) is 0 Å². The maximum Gasteiger partial charge on any atom is 0.433 e. The van der Waals surface area contributed by atoms with Crippen molar-refractivity contribution in [3.05, 3.63) is 23.4 Å². The van der Waals surface area contributed by atoms with E-state index in [0.717, 1.165) is 37.8 Å². The van der Waals surface area contributed by atoms with Gasteiger partial charge >= 0.3 is 6.18 Å². The Morgan fingerprint density at radius 1 is 1.35 bits per heavy atom. The summed E-state index contributed by atoms with van der Waals surface area (Å²) in [6.45, 7) is 1.91. The SMILES string of the molecule is CC1(Nc2nc(C(F)(F)F)ccc2C(N)=O)CCCC1. The lowest BCUT2D eigenvalue weighted by atomic mass is 10.0. The second kappa shape index (κ2) is 4.96. The van der Waals surface area contributed by atoms with Crippen molar-refractivity contribution in [3.63, 3.8) is 0 Å². The summed E-state index contributed by atoms with van der Waals surface area (Å²) in [6, 6.07) is 1.83. The zero-order valence-corrected chi connectivity index (χ0v) is 11.0. The number of aromatic nitrogens is 1. The lowest BCUT2D eigenvalue weighted by Gasteiger charge is -2.27. The van der Waals surface area contributed by atoms with Crippen LogP contribution in [0.5, 0.6) is 0 Å². The van der Waals surface area contributed by atoms with Crippen molar-refractivity contribution in [1.82, 2.24) is 4.98 Å². The van der Waals surface area contributed by atoms with Crippen LogP contribution in [0.3, 0.4) is 0 Å². The highest BCUT2D eigenvalue weighted by Crippen LogP contribution is 2.34. The summed E-state index contributed by atoms with van der Waals surface area (Å²) in [5, 5.41) is 2.97. The number of hydrogen-bond donors (Lipinski definition) is 2. The number of nitrogens with zero attached hydrogens (tertiary/aromatic N) is 1. The van der Waals surface area contributed by atoms with Gasteiger partial charge in [-0.3, -0.25) is 4.79 Å². The highest BCUT2D eigenvalue weighted by atomic mass is 19.4. The number of anilines is 1. The zero-order valence-electron chi connectivity index (χ0n) is 11.0. The van der Waals surface area contributed by atoms with Crippen molar-refractivity contribution < 1.29 is 18.0 Å². The first kappa shape index (κ1) is 14.6. The number of rotatable bonds is 3. The van der Waals surface area contributed by atoms with Crippen LogP contribution >= 0.6 is 0 Å². The first-order valence-electron chi connectivity index (χ1n) is 6.37. The fourth-order valence-electron chi connectivity index (χ4n) is 2.48. The first-order valence-corrected chi connectivity index (χ1v) is 6.37. The summed E-state index contributed by atoms with van der Waals surface area (Å²) in [4.78, 5) is 14.9. The molecule has 4 nitrogen and oxygen atoms in total. The number of carbonyl (C=O) groups excluding carboxylic acids is 1. The molecule has 0 aromatic carbocycles. The predicted octanol–water partition coefficient (Wildman–Crippen LogP) is 2.94. The molecule has 110 valence electrons. The number of carbonyl (C=O) groups is 1. The van der Waals surface area contributed by atoms with E-state index in [-0.39, 0.29) is 16.9 Å². The summed E-state index contributed by atoms with van der Waals surface area (Å²) < 4.78 is 38.1. The van der Waals surface area contributed by atoms with Crippen molar-refractivity contribution >= 4 is 11.7 Å². The Morgan fingerprint density at radius 2 is 1.95 bits per heavy atom. The second-order valence-electron chi connectivity index (χ2n) is 5.35. The van der Waals surface area contributed by atoms with Gasteiger partial charge in [-0.15, -0.1) is 0 Å². The maximum absolute atomic E-state index is 12.7. The third-order valence-corrected chi connectivity index (χ3v) is 3.58. The molecule has 0 unspecified atom stereocenters. The van der Waals surface area contributed by atoms with E-state index < -0.39 is 17.8 Å². The molecule has 0 saturated heterocycles. The molecule has 0 aliphatic heterocycles. The van der Waals surface area contributed by atoms with Gasteiger partial charge in [0.05, 0.1) is 5.56 Å². The molecule has 2 rings (SSSR count). The van der Waals surface area contributed by atoms with Crippen molar-refractivity contribution in [2.45, 2.75) is 44.3 Å². The third-order valence-electron chi connectivity index (χ3n) is 3.58. The van der Waals surface area contributed by atoms with E-state index in [1.165, 1.54) is 0 Å². The van der Waals surface area contributed by atoms with Gasteiger partial charge in [-0.05, 0) is 31.9 Å². The third kappa shape index (κ3) is 3.02. The number of halogens is 3. The number of amides is 1. The highest BCUT2D eigenvalue weighted by molar-refractivity contribution is 5.97. The average Bonchev–Trinajstić information content (AvgIpc) is 2.74. The van der Waals surface area contributed by atoms with Crippen LogP contribution in [0.15, 0.2) is 12.1 Å². The summed E-state index contributed by atoms with van der Waals surface area (Å²) in [7, 11) is 0. The van der Waals surface area contributed by atoms with E-state index in [1.807, 2.05) is 6.92 Å². The molecule has 1 saturated carbocycles. The molecule has 0 radical (unpaired) electrons. The minimum absolute atomic E-state index is 0.0221. The van der Waals surface area contributed by atoms with Gasteiger partial charge in [0.15, 0.2) is 0 Å². The van der Waals surface area contributed by atoms with Crippen LogP contribution in [0, 0.1) is 0 Å². The van der Waals surface area contributed by atoms with Gasteiger partial charge < -0.3 is 11.1 Å². The number of alkyl halides is 3. The Morgan fingerprint density at radius 3 is 2.45 bits per heavy atom. The fraction of sp³-hybridized carbons (Fsp3) is 0.538. The quantitative estimate of drug-likeness (QED) is 0.898. The average molecular weight is 287 g/mol. The summed E-state index contributed by atoms with van der Waals surface area (Å²) >= 11 is 0. The topological polar surface area (TPSA) is 68.0 Å². The van der Waals surface area contributed by atoms with Crippen LogP contribution < -0.4 is 11.1 Å². The van der Waals surface area contributed by atoms with E-state index in [4.69, 9.17) is 5.73 Å². The Balaban J connectivity index is 2.39. The second-order valence-corrected chi connectivity index (χ2v) is 5.35. The fourth-order valence-corrected chi connectivity index (χ4v) is 2.48. The summed E-state index contributed by atoms with van der Waals surface area (Å²) in [5.41, 5.74) is 3.79. The molecule has 0 bridgehead atoms. The minimum Gasteiger partial charge on any atom is -0.365 e. The lowest BCUT2D eigenvalue weighted by Crippen LogP contribution is -2.33. The molecule has 1 amide bonds. The molecule has 1 fully saturated rings. The van der Waals surface area contributed by atoms with Gasteiger partial charge in [0.25, 0.3) is 5.91 Å². The molecule has 20 heavy (non-hydrogen) atoms. The van der Waals surface area contributed by atoms with Crippen molar-refractivity contribution in [2.75, 3.05) is 5.32 Å². The van der Waals surface area contributed by atoms with E-state index in [2.05, 4.69) is 10.3 Å². The minimum atomic E-state index is -4.55. The molecule has 1 aliphatic carbocycles. The first-order chi connectivity index (χ1) is 9.21. The molecule has 7 heteroatoms. The van der Waals surface area contributed by atoms with E-state index in [9.17, 15) is 18.0 Å². The highest BCUT2D eigenvalue weighted by Gasteiger charge is 2.35. The van der Waals surface area contributed by atoms with Crippen LogP contribution in [0.4, 0.5) is 19.0 Å². The normalized spacial score (nSPS) is 18.0. The number of nitrogens with one attached hydrogen (secondary N) is 1. The van der Waals surface area contributed by atoms with Crippen LogP contribution in [0.2, 0.25) is 0 Å². The van der Waals surface area contributed by atoms with Crippen molar-refractivity contribution in [1.29, 1.82) is 0 Å². The number of primary amides is 1. The Bertz CT molecular complexity index is 522. The Hall–Kier alpha value is -1.79. The summed E-state index contributed by atoms with van der Waals surface area (Å²) in [5.74, 6) is -0.882. The van der Waals surface area contributed by atoms with Crippen molar-refractivity contribution in [3.8, 4) is 0 Å². The standard InChI is InChI=1S/C13H16F3N3O/c1-12(6-2-3-7-12)19-11-8(10(17)20)4-5-9(18-11)13(14,15)16/h4-5H,2-3,6-7H2,1H3,(H2,17,20)(H,18,19). The van der Waals surface area contributed by atoms with Crippen LogP contribution in [0.25, 0.3) is 0 Å². The van der Waals surface area contributed by atoms with Crippen molar-refractivity contribution in [2.24, 2.45) is 5.73 Å². The molecule has 1 aromatic heterocycles. The Kier molecular flexibility index (Phi) is 3.62. The van der Waals surface area contributed by atoms with Gasteiger partial charge in [-0.25, -0.2) is 4.98 Å². The largest absolute Gasteiger partial charge is 0.433 e. The van der Waals surface area contributed by atoms with Gasteiger partial charge in [-0.1, -0.05) is 12.8 Å². The van der Waals surface area contributed by atoms with Gasteiger partial charge in [0.2, 0.25) is 0 Å². The number of pyridine rings is 1. The molecule has 1 aliphatic rings. The molecule has 3 N–H and O–H groups in total. The molecule has 1 heterocycles. The van der Waals surface area contributed by atoms with Gasteiger partial charge in [0.1, 0.15) is 11.5 Å². The molecule has 0 atom stereocenters. The number of nitrogens with two attached hydrogens (primary N) is 1. The monoisotopic (exact) mass is 287 g/mol. The molecule has 1 aromatic rings. The van der Waals surface area contributed by atoms with Gasteiger partial charge in [0, 0.05) is 5.54 Å². The van der Waals surface area contributed by atoms with Crippen LogP contribution in [-0.2, 0) is 6.18 Å². The van der Waals surface area contributed by atoms with Crippen LogP contribution in [-0.4, -0.2) is 16.4 Å². The van der Waals surface area contributed by atoms with E-state index >= 15 is 0 Å². The summed E-state index contributed by atoms with van der Waals surface area (Å²) in [6.07, 6.45) is -0.918. The van der Waals surface area contributed by atoms with E-state index in [0.29, 0.717) is 0 Å². The number of hydrogen-bond acceptors (Lipinski definition) is 3. The van der Waals surface area contributed by atoms with Crippen LogP contribution in [0.1, 0.15) is 48.7 Å². The van der Waals surface area contributed by atoms with Gasteiger partial charge in [-0.2, -0.15) is 13.2 Å². The smallest absolute Gasteiger partial charge is 0.365 e. The maximum atomic E-state index is 12.7. The zero-order chi connectivity index (χ0) is 15.0. The lowest BCUT2D eigenvalue weighted by molar-refractivity contribution is -0.141. The molecular formula is C13H16F3N3O. The molecular weight excluding hydrogens is 271 g/mol. The Labute approximate surface area is 114 Å². The predicted molar refractivity (Wildman–Crippen MR) is 68.3 cm³/mol.